The summed E-state index contributed by atoms with van der Waals surface area (Å²) >= 11 is 5.52. The Bertz CT molecular complexity index is 770. The van der Waals surface area contributed by atoms with Gasteiger partial charge in [0.2, 0.25) is 0 Å². The van der Waals surface area contributed by atoms with Gasteiger partial charge in [0.1, 0.15) is 0 Å². The molecule has 0 amide bonds. The number of hydrogen-bond acceptors (Lipinski definition) is 2. The third-order valence-electron chi connectivity index (χ3n) is 3.38. The van der Waals surface area contributed by atoms with Crippen molar-refractivity contribution in [3.8, 4) is 11.8 Å². The van der Waals surface area contributed by atoms with Gasteiger partial charge >= 0.3 is 6.18 Å². The van der Waals surface area contributed by atoms with Crippen molar-refractivity contribution in [3.63, 3.8) is 0 Å². The van der Waals surface area contributed by atoms with Gasteiger partial charge in [-0.2, -0.15) is 18.4 Å². The normalized spacial score (nSPS) is 11.3. The van der Waals surface area contributed by atoms with Crippen LogP contribution in [0.3, 0.4) is 0 Å². The van der Waals surface area contributed by atoms with Crippen molar-refractivity contribution in [2.75, 3.05) is 5.88 Å². The van der Waals surface area contributed by atoms with Crippen molar-refractivity contribution < 1.29 is 18.0 Å². The third kappa shape index (κ3) is 3.74. The van der Waals surface area contributed by atoms with Gasteiger partial charge in [-0.1, -0.05) is 0 Å². The highest BCUT2D eigenvalue weighted by atomic mass is 35.5. The standard InChI is InChI=1S/C16H12ClF3N2O/c1-10-14(15(23)8-17)6-13(7-16(18,19)20)22(10)12-4-2-11(9-21)3-5-12/h2-6H,7-8H2,1H3. The summed E-state index contributed by atoms with van der Waals surface area (Å²) in [6.07, 6.45) is -5.57. The Balaban J connectivity index is 2.60. The summed E-state index contributed by atoms with van der Waals surface area (Å²) in [6, 6.07) is 9.28. The van der Waals surface area contributed by atoms with Crippen molar-refractivity contribution in [2.24, 2.45) is 0 Å². The number of halogens is 4. The Morgan fingerprint density at radius 2 is 1.91 bits per heavy atom. The van der Waals surface area contributed by atoms with Crippen molar-refractivity contribution in [1.82, 2.24) is 4.57 Å². The molecule has 0 aliphatic rings. The Hall–Kier alpha value is -2.26. The van der Waals surface area contributed by atoms with Crippen molar-refractivity contribution in [2.45, 2.75) is 19.5 Å². The predicted molar refractivity (Wildman–Crippen MR) is 80.0 cm³/mol. The Morgan fingerprint density at radius 1 is 1.30 bits per heavy atom. The Labute approximate surface area is 135 Å². The first-order valence-corrected chi connectivity index (χ1v) is 7.18. The van der Waals surface area contributed by atoms with Crippen LogP contribution < -0.4 is 0 Å². The zero-order valence-corrected chi connectivity index (χ0v) is 12.9. The van der Waals surface area contributed by atoms with E-state index in [9.17, 15) is 18.0 Å². The van der Waals surface area contributed by atoms with Crippen LogP contribution in [0.2, 0.25) is 0 Å². The Morgan fingerprint density at radius 3 is 2.39 bits per heavy atom. The predicted octanol–water partition coefficient (Wildman–Crippen LogP) is 4.18. The van der Waals surface area contributed by atoms with E-state index in [0.717, 1.165) is 0 Å². The molecular formula is C16H12ClF3N2O. The monoisotopic (exact) mass is 340 g/mol. The number of hydrogen-bond donors (Lipinski definition) is 0. The van der Waals surface area contributed by atoms with E-state index in [1.54, 1.807) is 19.1 Å². The second-order valence-corrected chi connectivity index (χ2v) is 5.24. The maximum Gasteiger partial charge on any atom is 0.394 e. The van der Waals surface area contributed by atoms with Crippen LogP contribution in [-0.4, -0.2) is 22.4 Å². The number of alkyl halides is 4. The Kier molecular flexibility index (Phi) is 4.81. The molecule has 1 aromatic carbocycles. The molecule has 0 saturated carbocycles. The largest absolute Gasteiger partial charge is 0.394 e. The highest BCUT2D eigenvalue weighted by Crippen LogP contribution is 2.28. The van der Waals surface area contributed by atoms with Crippen molar-refractivity contribution in [1.29, 1.82) is 5.26 Å². The van der Waals surface area contributed by atoms with Crippen LogP contribution in [0, 0.1) is 18.3 Å². The lowest BCUT2D eigenvalue weighted by molar-refractivity contribution is -0.128. The molecule has 2 rings (SSSR count). The molecule has 1 aromatic heterocycles. The van der Waals surface area contributed by atoms with E-state index in [-0.39, 0.29) is 17.1 Å². The van der Waals surface area contributed by atoms with E-state index in [1.807, 2.05) is 6.07 Å². The zero-order valence-electron chi connectivity index (χ0n) is 12.1. The van der Waals surface area contributed by atoms with Gasteiger partial charge in [0.25, 0.3) is 0 Å². The molecule has 23 heavy (non-hydrogen) atoms. The first-order chi connectivity index (χ1) is 10.8. The molecule has 3 nitrogen and oxygen atoms in total. The van der Waals surface area contributed by atoms with E-state index in [0.29, 0.717) is 16.9 Å². The van der Waals surface area contributed by atoms with E-state index < -0.39 is 18.4 Å². The van der Waals surface area contributed by atoms with E-state index >= 15 is 0 Å². The molecule has 0 N–H and O–H groups in total. The second-order valence-electron chi connectivity index (χ2n) is 4.98. The molecule has 120 valence electrons. The van der Waals surface area contributed by atoms with E-state index in [4.69, 9.17) is 16.9 Å². The molecule has 2 aromatic rings. The summed E-state index contributed by atoms with van der Waals surface area (Å²) in [5.41, 5.74) is 1.36. The van der Waals surface area contributed by atoms with Crippen LogP contribution >= 0.6 is 11.6 Å². The highest BCUT2D eigenvalue weighted by molar-refractivity contribution is 6.30. The average Bonchev–Trinajstić information content (AvgIpc) is 2.81. The van der Waals surface area contributed by atoms with Gasteiger partial charge in [-0.3, -0.25) is 4.79 Å². The molecule has 0 spiro atoms. The summed E-state index contributed by atoms with van der Waals surface area (Å²) in [5, 5.41) is 8.81. The summed E-state index contributed by atoms with van der Waals surface area (Å²) < 4.78 is 39.8. The van der Waals surface area contributed by atoms with Crippen molar-refractivity contribution in [3.05, 3.63) is 52.8 Å². The summed E-state index contributed by atoms with van der Waals surface area (Å²) in [7, 11) is 0. The fourth-order valence-corrected chi connectivity index (χ4v) is 2.55. The number of benzene rings is 1. The van der Waals surface area contributed by atoms with Gasteiger partial charge in [-0.25, -0.2) is 0 Å². The molecule has 0 bridgehead atoms. The zero-order chi connectivity index (χ0) is 17.2. The lowest BCUT2D eigenvalue weighted by Gasteiger charge is -2.13. The van der Waals surface area contributed by atoms with E-state index in [2.05, 4.69) is 0 Å². The van der Waals surface area contributed by atoms with Gasteiger partial charge in [0.05, 0.1) is 23.9 Å². The number of carbonyl (C=O) groups is 1. The SMILES string of the molecule is Cc1c(C(=O)CCl)cc(CC(F)(F)F)n1-c1ccc(C#N)cc1. The summed E-state index contributed by atoms with van der Waals surface area (Å²) in [6.45, 7) is 1.57. The number of ketones is 1. The fraction of sp³-hybridized carbons (Fsp3) is 0.250. The van der Waals surface area contributed by atoms with Crippen LogP contribution in [0.4, 0.5) is 13.2 Å². The number of Topliss-reactive ketones (excluding diaryl/α,β-unsaturated/α-hetero) is 1. The van der Waals surface area contributed by atoms with Gasteiger partial charge in [-0.15, -0.1) is 11.6 Å². The maximum atomic E-state index is 12.8. The molecule has 1 heterocycles. The molecule has 0 fully saturated rings. The maximum absolute atomic E-state index is 12.8. The fourth-order valence-electron chi connectivity index (χ4n) is 2.41. The summed E-state index contributed by atoms with van der Waals surface area (Å²) in [5.74, 6) is -0.732. The van der Waals surface area contributed by atoms with Gasteiger partial charge in [0.15, 0.2) is 5.78 Å². The minimum Gasteiger partial charge on any atom is -0.317 e. The lowest BCUT2D eigenvalue weighted by atomic mass is 10.1. The number of carbonyl (C=O) groups excluding carboxylic acids is 1. The number of nitriles is 1. The summed E-state index contributed by atoms with van der Waals surface area (Å²) in [4.78, 5) is 11.8. The molecule has 0 saturated heterocycles. The van der Waals surface area contributed by atoms with Crippen LogP contribution in [0.15, 0.2) is 30.3 Å². The third-order valence-corrected chi connectivity index (χ3v) is 3.62. The van der Waals surface area contributed by atoms with Gasteiger partial charge in [-0.05, 0) is 37.3 Å². The molecule has 0 unspecified atom stereocenters. The second kappa shape index (κ2) is 6.47. The average molecular weight is 341 g/mol. The van der Waals surface area contributed by atoms with E-state index in [1.165, 1.54) is 22.8 Å². The van der Waals surface area contributed by atoms with Gasteiger partial charge in [0, 0.05) is 22.6 Å². The first kappa shape index (κ1) is 17.1. The first-order valence-electron chi connectivity index (χ1n) is 6.64. The lowest BCUT2D eigenvalue weighted by Crippen LogP contribution is -2.15. The topological polar surface area (TPSA) is 45.8 Å². The molecular weight excluding hydrogens is 329 g/mol. The van der Waals surface area contributed by atoms with Crippen LogP contribution in [0.25, 0.3) is 5.69 Å². The minimum atomic E-state index is -4.41. The molecule has 0 atom stereocenters. The molecule has 0 aliphatic heterocycles. The minimum absolute atomic E-state index is 0.0480. The number of rotatable bonds is 4. The molecule has 0 radical (unpaired) electrons. The highest BCUT2D eigenvalue weighted by Gasteiger charge is 2.31. The van der Waals surface area contributed by atoms with Crippen LogP contribution in [-0.2, 0) is 6.42 Å². The van der Waals surface area contributed by atoms with Gasteiger partial charge < -0.3 is 4.57 Å². The molecule has 0 aliphatic carbocycles. The molecule has 7 heteroatoms. The van der Waals surface area contributed by atoms with Crippen LogP contribution in [0.5, 0.6) is 0 Å². The number of nitrogens with zero attached hydrogens (tertiary/aromatic N) is 2. The van der Waals surface area contributed by atoms with Crippen LogP contribution in [0.1, 0.15) is 27.3 Å². The quantitative estimate of drug-likeness (QED) is 0.619. The smallest absolute Gasteiger partial charge is 0.317 e. The van der Waals surface area contributed by atoms with Crippen molar-refractivity contribution >= 4 is 17.4 Å². The number of aromatic nitrogens is 1.